The average Bonchev–Trinajstić information content (AvgIpc) is 2.61. The van der Waals surface area contributed by atoms with E-state index in [1.54, 1.807) is 30.3 Å². The normalized spacial score (nSPS) is 11.3. The molecule has 4 N–H and O–H groups in total. The Hall–Kier alpha value is -3.26. The van der Waals surface area contributed by atoms with Crippen molar-refractivity contribution in [3.63, 3.8) is 0 Å². The van der Waals surface area contributed by atoms with Crippen LogP contribution in [0.25, 0.3) is 10.8 Å². The van der Waals surface area contributed by atoms with E-state index in [9.17, 15) is 23.4 Å². The van der Waals surface area contributed by atoms with Gasteiger partial charge in [-0.25, -0.2) is 8.42 Å². The van der Waals surface area contributed by atoms with E-state index in [0.717, 1.165) is 17.2 Å². The Labute approximate surface area is 162 Å². The molecule has 3 aromatic carbocycles. The molecular weight excluding hydrogens is 380 g/mol. The van der Waals surface area contributed by atoms with E-state index in [-0.39, 0.29) is 17.1 Å². The third-order valence-electron chi connectivity index (χ3n) is 4.14. The summed E-state index contributed by atoms with van der Waals surface area (Å²) in [6, 6.07) is 14.6. The van der Waals surface area contributed by atoms with Crippen molar-refractivity contribution < 1.29 is 23.4 Å². The van der Waals surface area contributed by atoms with E-state index in [4.69, 9.17) is 0 Å². The van der Waals surface area contributed by atoms with Crippen LogP contribution in [0.3, 0.4) is 0 Å². The minimum atomic E-state index is -3.32. The number of carbonyl (C=O) groups is 1. The fourth-order valence-electron chi connectivity index (χ4n) is 2.82. The van der Waals surface area contributed by atoms with Crippen LogP contribution in [0.15, 0.2) is 54.6 Å². The van der Waals surface area contributed by atoms with Crippen LogP contribution in [0.4, 0.5) is 5.69 Å². The van der Waals surface area contributed by atoms with Crippen LogP contribution in [0.2, 0.25) is 0 Å². The Kier molecular flexibility index (Phi) is 5.41. The monoisotopic (exact) mass is 400 g/mol. The Balaban J connectivity index is 1.63. The molecule has 0 bridgehead atoms. The number of anilines is 1. The molecule has 8 heteroatoms. The van der Waals surface area contributed by atoms with Gasteiger partial charge in [-0.1, -0.05) is 18.2 Å². The summed E-state index contributed by atoms with van der Waals surface area (Å²) in [7, 11) is -3.32. The smallest absolute Gasteiger partial charge is 0.255 e. The molecule has 28 heavy (non-hydrogen) atoms. The summed E-state index contributed by atoms with van der Waals surface area (Å²) in [6.07, 6.45) is 1.63. The van der Waals surface area contributed by atoms with Crippen molar-refractivity contribution in [3.05, 3.63) is 65.7 Å². The highest BCUT2D eigenvalue weighted by Crippen LogP contribution is 2.27. The summed E-state index contributed by atoms with van der Waals surface area (Å²) < 4.78 is 24.8. The van der Waals surface area contributed by atoms with Crippen LogP contribution in [0.1, 0.15) is 15.9 Å². The van der Waals surface area contributed by atoms with E-state index < -0.39 is 15.9 Å². The number of benzene rings is 3. The molecule has 0 spiro atoms. The van der Waals surface area contributed by atoms with Crippen molar-refractivity contribution in [2.75, 3.05) is 17.5 Å². The van der Waals surface area contributed by atoms with Crippen molar-refractivity contribution in [1.82, 2.24) is 5.32 Å². The Morgan fingerprint density at radius 1 is 0.964 bits per heavy atom. The van der Waals surface area contributed by atoms with Crippen LogP contribution < -0.4 is 10.0 Å². The van der Waals surface area contributed by atoms with E-state index in [2.05, 4.69) is 10.0 Å². The molecule has 0 saturated carbocycles. The molecule has 0 radical (unpaired) electrons. The van der Waals surface area contributed by atoms with Gasteiger partial charge in [-0.2, -0.15) is 0 Å². The number of fused-ring (bicyclic) bond motifs is 1. The highest BCUT2D eigenvalue weighted by atomic mass is 32.2. The molecule has 3 rings (SSSR count). The van der Waals surface area contributed by atoms with Crippen LogP contribution in [-0.4, -0.2) is 37.3 Å². The molecule has 0 heterocycles. The van der Waals surface area contributed by atoms with E-state index in [1.165, 1.54) is 24.3 Å². The van der Waals surface area contributed by atoms with Crippen molar-refractivity contribution in [2.24, 2.45) is 0 Å². The van der Waals surface area contributed by atoms with Gasteiger partial charge in [-0.3, -0.25) is 9.52 Å². The first-order valence-corrected chi connectivity index (χ1v) is 10.4. The maximum absolute atomic E-state index is 12.4. The summed E-state index contributed by atoms with van der Waals surface area (Å²) in [5, 5.41) is 23.8. The predicted molar refractivity (Wildman–Crippen MR) is 108 cm³/mol. The zero-order chi connectivity index (χ0) is 20.3. The lowest BCUT2D eigenvalue weighted by atomic mass is 10.0. The molecule has 0 saturated heterocycles. The molecule has 0 unspecified atom stereocenters. The van der Waals surface area contributed by atoms with Gasteiger partial charge in [0, 0.05) is 12.2 Å². The number of phenols is 2. The Morgan fingerprint density at radius 2 is 1.68 bits per heavy atom. The minimum Gasteiger partial charge on any atom is -0.508 e. The maximum Gasteiger partial charge on any atom is 0.255 e. The first-order valence-electron chi connectivity index (χ1n) is 8.52. The highest BCUT2D eigenvalue weighted by molar-refractivity contribution is 7.92. The molecule has 146 valence electrons. The molecule has 1 amide bonds. The molecular formula is C20H20N2O5S. The second-order valence-electron chi connectivity index (χ2n) is 6.48. The number of nitrogens with one attached hydrogen (secondary N) is 2. The van der Waals surface area contributed by atoms with Gasteiger partial charge in [0.15, 0.2) is 0 Å². The topological polar surface area (TPSA) is 116 Å². The second kappa shape index (κ2) is 7.77. The number of hydrogen-bond acceptors (Lipinski definition) is 5. The zero-order valence-corrected chi connectivity index (χ0v) is 16.0. The lowest BCUT2D eigenvalue weighted by Crippen LogP contribution is -2.25. The van der Waals surface area contributed by atoms with Crippen molar-refractivity contribution in [3.8, 4) is 11.5 Å². The summed E-state index contributed by atoms with van der Waals surface area (Å²) in [5.41, 5.74) is 1.53. The lowest BCUT2D eigenvalue weighted by Gasteiger charge is -2.09. The van der Waals surface area contributed by atoms with Gasteiger partial charge in [0.1, 0.15) is 11.5 Å². The fraction of sp³-hybridized carbons (Fsp3) is 0.150. The van der Waals surface area contributed by atoms with E-state index in [1.807, 2.05) is 0 Å². The van der Waals surface area contributed by atoms with Gasteiger partial charge in [0.2, 0.25) is 10.0 Å². The molecule has 0 atom stereocenters. The molecule has 3 aromatic rings. The van der Waals surface area contributed by atoms with Crippen molar-refractivity contribution in [1.29, 1.82) is 0 Å². The minimum absolute atomic E-state index is 0.0818. The summed E-state index contributed by atoms with van der Waals surface area (Å²) in [6.45, 7) is 0.342. The second-order valence-corrected chi connectivity index (χ2v) is 8.23. The molecule has 0 aromatic heterocycles. The number of sulfonamides is 1. The molecule has 7 nitrogen and oxygen atoms in total. The largest absolute Gasteiger partial charge is 0.508 e. The van der Waals surface area contributed by atoms with Crippen molar-refractivity contribution >= 4 is 32.4 Å². The molecule has 0 aliphatic heterocycles. The quantitative estimate of drug-likeness (QED) is 0.508. The van der Waals surface area contributed by atoms with Crippen LogP contribution in [0, 0.1) is 0 Å². The van der Waals surface area contributed by atoms with Crippen LogP contribution >= 0.6 is 0 Å². The van der Waals surface area contributed by atoms with Gasteiger partial charge in [0.25, 0.3) is 5.91 Å². The molecule has 0 aliphatic rings. The fourth-order valence-corrected chi connectivity index (χ4v) is 3.39. The summed E-state index contributed by atoms with van der Waals surface area (Å²) >= 11 is 0. The number of phenolic OH excluding ortho intramolecular Hbond substituents is 2. The Bertz CT molecular complexity index is 1130. The predicted octanol–water partition coefficient (Wildman–Crippen LogP) is 2.59. The summed E-state index contributed by atoms with van der Waals surface area (Å²) in [4.78, 5) is 12.4. The third kappa shape index (κ3) is 4.92. The van der Waals surface area contributed by atoms with Gasteiger partial charge < -0.3 is 15.5 Å². The lowest BCUT2D eigenvalue weighted by molar-refractivity contribution is 0.0951. The Morgan fingerprint density at radius 3 is 2.36 bits per heavy atom. The zero-order valence-electron chi connectivity index (χ0n) is 15.1. The van der Waals surface area contributed by atoms with Gasteiger partial charge in [-0.05, 0) is 59.2 Å². The standard InChI is InChI=1S/C20H20N2O5S/c1-28(26,27)22-16-5-2-13(3-6-16)8-9-21-20(25)18-11-15-10-17(23)7-4-14(15)12-19(18)24/h2-7,10-12,22-24H,8-9H2,1H3,(H,21,25). The average molecular weight is 400 g/mol. The van der Waals surface area contributed by atoms with Gasteiger partial charge >= 0.3 is 0 Å². The first-order chi connectivity index (χ1) is 13.2. The van der Waals surface area contributed by atoms with E-state index >= 15 is 0 Å². The number of hydrogen-bond donors (Lipinski definition) is 4. The van der Waals surface area contributed by atoms with Gasteiger partial charge in [-0.15, -0.1) is 0 Å². The molecule has 0 fully saturated rings. The number of amides is 1. The van der Waals surface area contributed by atoms with Gasteiger partial charge in [0.05, 0.1) is 11.8 Å². The SMILES string of the molecule is CS(=O)(=O)Nc1ccc(CCNC(=O)c2cc3cc(O)ccc3cc2O)cc1. The molecule has 0 aliphatic carbocycles. The van der Waals surface area contributed by atoms with Crippen LogP contribution in [0.5, 0.6) is 11.5 Å². The third-order valence-corrected chi connectivity index (χ3v) is 4.75. The number of aromatic hydroxyl groups is 2. The number of carbonyl (C=O) groups excluding carboxylic acids is 1. The van der Waals surface area contributed by atoms with Crippen LogP contribution in [-0.2, 0) is 16.4 Å². The van der Waals surface area contributed by atoms with Crippen molar-refractivity contribution in [2.45, 2.75) is 6.42 Å². The van der Waals surface area contributed by atoms with E-state index in [0.29, 0.717) is 24.0 Å². The highest BCUT2D eigenvalue weighted by Gasteiger charge is 2.12. The number of rotatable bonds is 6. The summed E-state index contributed by atoms with van der Waals surface area (Å²) in [5.74, 6) is -0.469. The first kappa shape index (κ1) is 19.5. The maximum atomic E-state index is 12.4.